The number of carbonyl (C=O) groups is 2. The topological polar surface area (TPSA) is 114 Å². The molecule has 0 unspecified atom stereocenters. The number of nitrogens with zero attached hydrogens (tertiary/aromatic N) is 4. The van der Waals surface area contributed by atoms with Crippen molar-refractivity contribution in [2.75, 3.05) is 10.6 Å². The predicted molar refractivity (Wildman–Crippen MR) is 116 cm³/mol. The zero-order chi connectivity index (χ0) is 21.5. The summed E-state index contributed by atoms with van der Waals surface area (Å²) in [6, 6.07) is 19.1. The van der Waals surface area contributed by atoms with Crippen LogP contribution < -0.4 is 16.0 Å². The lowest BCUT2D eigenvalue weighted by Crippen LogP contribution is -2.28. The van der Waals surface area contributed by atoms with Gasteiger partial charge in [0, 0.05) is 29.7 Å². The molecular formula is C22H19N7O2. The maximum absolute atomic E-state index is 12.3. The van der Waals surface area contributed by atoms with Crippen LogP contribution in [0.2, 0.25) is 0 Å². The Balaban J connectivity index is 1.30. The van der Waals surface area contributed by atoms with Gasteiger partial charge in [0.1, 0.15) is 12.7 Å². The van der Waals surface area contributed by atoms with Gasteiger partial charge in [-0.05, 0) is 42.0 Å². The molecule has 2 aromatic heterocycles. The Bertz CT molecular complexity index is 1160. The highest BCUT2D eigenvalue weighted by atomic mass is 16.2. The minimum atomic E-state index is -0.369. The second kappa shape index (κ2) is 9.31. The summed E-state index contributed by atoms with van der Waals surface area (Å²) in [5.74, 6) is 0.420. The second-order valence-electron chi connectivity index (χ2n) is 6.57. The number of anilines is 2. The number of urea groups is 1. The molecule has 3 amide bonds. The summed E-state index contributed by atoms with van der Waals surface area (Å²) in [5, 5.41) is 12.4. The van der Waals surface area contributed by atoms with E-state index in [0.717, 1.165) is 5.56 Å². The van der Waals surface area contributed by atoms with Gasteiger partial charge in [-0.25, -0.2) is 19.4 Å². The van der Waals surface area contributed by atoms with Gasteiger partial charge < -0.3 is 16.0 Å². The van der Waals surface area contributed by atoms with Crippen molar-refractivity contribution >= 4 is 23.3 Å². The molecule has 3 N–H and O–H groups in total. The fourth-order valence-corrected chi connectivity index (χ4v) is 2.81. The minimum Gasteiger partial charge on any atom is -0.334 e. The zero-order valence-electron chi connectivity index (χ0n) is 16.4. The summed E-state index contributed by atoms with van der Waals surface area (Å²) in [4.78, 5) is 32.7. The second-order valence-corrected chi connectivity index (χ2v) is 6.57. The third kappa shape index (κ3) is 5.30. The van der Waals surface area contributed by atoms with Crippen LogP contribution in [0.4, 0.5) is 16.2 Å². The van der Waals surface area contributed by atoms with Crippen LogP contribution in [0.15, 0.2) is 85.6 Å². The van der Waals surface area contributed by atoms with Gasteiger partial charge >= 0.3 is 6.03 Å². The molecule has 0 aliphatic heterocycles. The molecule has 31 heavy (non-hydrogen) atoms. The summed E-state index contributed by atoms with van der Waals surface area (Å²) in [5.41, 5.74) is 2.53. The van der Waals surface area contributed by atoms with Gasteiger partial charge in [-0.2, -0.15) is 5.10 Å². The van der Waals surface area contributed by atoms with Crippen molar-refractivity contribution in [3.05, 3.63) is 96.7 Å². The van der Waals surface area contributed by atoms with Crippen LogP contribution in [-0.2, 0) is 6.54 Å². The lowest BCUT2D eigenvalue weighted by molar-refractivity contribution is 0.102. The maximum Gasteiger partial charge on any atom is 0.319 e. The normalized spacial score (nSPS) is 10.3. The highest BCUT2D eigenvalue weighted by Crippen LogP contribution is 2.16. The molecule has 0 aliphatic carbocycles. The SMILES string of the molecule is O=C(NCc1ccc(-n2cncn2)nc1)Nc1cccc(NC(=O)c2ccccc2)c1. The van der Waals surface area contributed by atoms with Crippen LogP contribution in [0.1, 0.15) is 15.9 Å². The van der Waals surface area contributed by atoms with Crippen molar-refractivity contribution in [2.45, 2.75) is 6.54 Å². The van der Waals surface area contributed by atoms with Gasteiger partial charge in [-0.15, -0.1) is 0 Å². The Morgan fingerprint density at radius 1 is 0.903 bits per heavy atom. The molecule has 4 aromatic rings. The third-order valence-corrected chi connectivity index (χ3v) is 4.33. The molecule has 2 heterocycles. The van der Waals surface area contributed by atoms with E-state index in [9.17, 15) is 9.59 Å². The van der Waals surface area contributed by atoms with Crippen molar-refractivity contribution in [1.82, 2.24) is 25.1 Å². The van der Waals surface area contributed by atoms with Gasteiger partial charge in [0.25, 0.3) is 5.91 Å². The molecule has 0 saturated heterocycles. The van der Waals surface area contributed by atoms with E-state index in [4.69, 9.17) is 0 Å². The van der Waals surface area contributed by atoms with E-state index in [0.29, 0.717) is 29.3 Å². The first-order valence-corrected chi connectivity index (χ1v) is 9.48. The number of hydrogen-bond donors (Lipinski definition) is 3. The van der Waals surface area contributed by atoms with Crippen LogP contribution in [0, 0.1) is 0 Å². The number of benzene rings is 2. The molecule has 0 aliphatic rings. The fourth-order valence-electron chi connectivity index (χ4n) is 2.81. The predicted octanol–water partition coefficient (Wildman–Crippen LogP) is 3.24. The molecule has 154 valence electrons. The highest BCUT2D eigenvalue weighted by molar-refractivity contribution is 6.04. The Hall–Kier alpha value is -4.53. The quantitative estimate of drug-likeness (QED) is 0.449. The number of hydrogen-bond acceptors (Lipinski definition) is 5. The van der Waals surface area contributed by atoms with Crippen LogP contribution in [0.3, 0.4) is 0 Å². The van der Waals surface area contributed by atoms with Crippen LogP contribution in [0.5, 0.6) is 0 Å². The molecule has 0 spiro atoms. The van der Waals surface area contributed by atoms with Crippen molar-refractivity contribution < 1.29 is 9.59 Å². The monoisotopic (exact) mass is 413 g/mol. The van der Waals surface area contributed by atoms with Gasteiger partial charge in [0.05, 0.1) is 0 Å². The van der Waals surface area contributed by atoms with E-state index in [1.165, 1.54) is 6.33 Å². The molecule has 9 nitrogen and oxygen atoms in total. The van der Waals surface area contributed by atoms with E-state index in [1.807, 2.05) is 12.1 Å². The van der Waals surface area contributed by atoms with Crippen molar-refractivity contribution in [3.8, 4) is 5.82 Å². The first-order valence-electron chi connectivity index (χ1n) is 9.48. The molecule has 0 bridgehead atoms. The van der Waals surface area contributed by atoms with Gasteiger partial charge in [-0.1, -0.05) is 30.3 Å². The number of pyridine rings is 1. The van der Waals surface area contributed by atoms with Crippen LogP contribution >= 0.6 is 0 Å². The largest absolute Gasteiger partial charge is 0.334 e. The molecule has 4 rings (SSSR count). The number of rotatable bonds is 6. The Morgan fingerprint density at radius 3 is 2.42 bits per heavy atom. The van der Waals surface area contributed by atoms with Gasteiger partial charge in [0.15, 0.2) is 5.82 Å². The first-order chi connectivity index (χ1) is 15.2. The number of amides is 3. The molecule has 0 fully saturated rings. The van der Waals surface area contributed by atoms with E-state index < -0.39 is 0 Å². The van der Waals surface area contributed by atoms with Crippen LogP contribution in [0.25, 0.3) is 5.82 Å². The lowest BCUT2D eigenvalue weighted by Gasteiger charge is -2.10. The molecule has 0 atom stereocenters. The average molecular weight is 413 g/mol. The van der Waals surface area contributed by atoms with Gasteiger partial charge in [0.2, 0.25) is 0 Å². The van der Waals surface area contributed by atoms with Gasteiger partial charge in [-0.3, -0.25) is 4.79 Å². The van der Waals surface area contributed by atoms with E-state index >= 15 is 0 Å². The number of aromatic nitrogens is 4. The summed E-state index contributed by atoms with van der Waals surface area (Å²) >= 11 is 0. The maximum atomic E-state index is 12.3. The molecular weight excluding hydrogens is 394 g/mol. The third-order valence-electron chi connectivity index (χ3n) is 4.33. The van der Waals surface area contributed by atoms with E-state index in [2.05, 4.69) is 31.0 Å². The van der Waals surface area contributed by atoms with E-state index in [1.54, 1.807) is 71.8 Å². The molecule has 0 saturated carbocycles. The highest BCUT2D eigenvalue weighted by Gasteiger charge is 2.07. The van der Waals surface area contributed by atoms with Crippen molar-refractivity contribution in [1.29, 1.82) is 0 Å². The number of carbonyl (C=O) groups excluding carboxylic acids is 2. The number of nitrogens with one attached hydrogen (secondary N) is 3. The standard InChI is InChI=1S/C22H19N7O2/c30-21(17-5-2-1-3-6-17)27-18-7-4-8-19(11-18)28-22(31)25-13-16-9-10-20(24-12-16)29-15-23-14-26-29/h1-12,14-15H,13H2,(H,27,30)(H2,25,28,31). The Morgan fingerprint density at radius 2 is 1.71 bits per heavy atom. The van der Waals surface area contributed by atoms with E-state index in [-0.39, 0.29) is 11.9 Å². The summed E-state index contributed by atoms with van der Waals surface area (Å²) < 4.78 is 1.55. The molecule has 9 heteroatoms. The summed E-state index contributed by atoms with van der Waals surface area (Å²) in [7, 11) is 0. The molecule has 2 aromatic carbocycles. The van der Waals surface area contributed by atoms with Crippen molar-refractivity contribution in [3.63, 3.8) is 0 Å². The van der Waals surface area contributed by atoms with Crippen molar-refractivity contribution in [2.24, 2.45) is 0 Å². The average Bonchev–Trinajstić information content (AvgIpc) is 3.34. The first kappa shape index (κ1) is 19.8. The summed E-state index contributed by atoms with van der Waals surface area (Å²) in [6.07, 6.45) is 4.66. The smallest absolute Gasteiger partial charge is 0.319 e. The zero-order valence-corrected chi connectivity index (χ0v) is 16.4. The minimum absolute atomic E-state index is 0.218. The Labute approximate surface area is 178 Å². The summed E-state index contributed by atoms with van der Waals surface area (Å²) in [6.45, 7) is 0.306. The van der Waals surface area contributed by atoms with Crippen LogP contribution in [-0.4, -0.2) is 31.7 Å². The molecule has 0 radical (unpaired) electrons. The Kier molecular flexibility index (Phi) is 5.94. The fraction of sp³-hybridized carbons (Fsp3) is 0.0455. The lowest BCUT2D eigenvalue weighted by atomic mass is 10.2.